The van der Waals surface area contributed by atoms with Gasteiger partial charge in [-0.15, -0.1) is 0 Å². The van der Waals surface area contributed by atoms with Crippen LogP contribution in [0.4, 0.5) is 0 Å². The molecule has 1 aromatic rings. The Morgan fingerprint density at radius 3 is 2.33 bits per heavy atom. The normalized spacial score (nSPS) is 10.6. The maximum atomic E-state index is 2.42. The SMILES string of the molecule is C[SiH](C)CCCc1ccccc1. The molecule has 0 spiro atoms. The topological polar surface area (TPSA) is 0 Å². The highest BCUT2D eigenvalue weighted by atomic mass is 28.3. The van der Waals surface area contributed by atoms with Gasteiger partial charge in [-0.1, -0.05) is 55.9 Å². The molecule has 0 aromatic heterocycles. The van der Waals surface area contributed by atoms with Crippen LogP contribution in [0.25, 0.3) is 0 Å². The highest BCUT2D eigenvalue weighted by molar-refractivity contribution is 6.55. The molecule has 0 radical (unpaired) electrons. The lowest BCUT2D eigenvalue weighted by molar-refractivity contribution is 0.909. The van der Waals surface area contributed by atoms with Gasteiger partial charge in [-0.25, -0.2) is 0 Å². The van der Waals surface area contributed by atoms with Crippen molar-refractivity contribution in [1.29, 1.82) is 0 Å². The van der Waals surface area contributed by atoms with E-state index in [2.05, 4.69) is 43.4 Å². The molecule has 1 heteroatoms. The van der Waals surface area contributed by atoms with E-state index in [-0.39, 0.29) is 8.80 Å². The predicted molar refractivity (Wildman–Crippen MR) is 58.4 cm³/mol. The van der Waals surface area contributed by atoms with Gasteiger partial charge in [-0.2, -0.15) is 0 Å². The summed E-state index contributed by atoms with van der Waals surface area (Å²) in [6, 6.07) is 12.3. The zero-order valence-electron chi connectivity index (χ0n) is 8.09. The highest BCUT2D eigenvalue weighted by Gasteiger charge is 1.96. The van der Waals surface area contributed by atoms with E-state index in [1.54, 1.807) is 0 Å². The highest BCUT2D eigenvalue weighted by Crippen LogP contribution is 2.06. The molecular formula is C11H18Si. The molecule has 1 aromatic carbocycles. The molecule has 0 aliphatic rings. The summed E-state index contributed by atoms with van der Waals surface area (Å²) < 4.78 is 0. The van der Waals surface area contributed by atoms with Gasteiger partial charge in [0.1, 0.15) is 0 Å². The summed E-state index contributed by atoms with van der Waals surface area (Å²) in [6.07, 6.45) is 2.65. The quantitative estimate of drug-likeness (QED) is 0.622. The van der Waals surface area contributed by atoms with Crippen molar-refractivity contribution in [1.82, 2.24) is 0 Å². The number of hydrogen-bond donors (Lipinski definition) is 0. The van der Waals surface area contributed by atoms with Crippen LogP contribution in [0.15, 0.2) is 30.3 Å². The number of hydrogen-bond acceptors (Lipinski definition) is 0. The first kappa shape index (κ1) is 9.52. The molecule has 0 atom stereocenters. The summed E-state index contributed by atoms with van der Waals surface area (Å²) in [7, 11) is -0.312. The Morgan fingerprint density at radius 2 is 1.75 bits per heavy atom. The first-order valence-corrected chi connectivity index (χ1v) is 7.95. The standard InChI is InChI=1S/C11H18Si/c1-12(2)10-6-9-11-7-4-3-5-8-11/h3-5,7-8,12H,6,9-10H2,1-2H3. The average molecular weight is 178 g/mol. The summed E-state index contributed by atoms with van der Waals surface area (Å²) in [5.41, 5.74) is 1.49. The molecule has 0 aliphatic carbocycles. The summed E-state index contributed by atoms with van der Waals surface area (Å²) in [5, 5.41) is 0. The van der Waals surface area contributed by atoms with Gasteiger partial charge in [-0.05, 0) is 12.0 Å². The van der Waals surface area contributed by atoms with Crippen molar-refractivity contribution < 1.29 is 0 Å². The fraction of sp³-hybridized carbons (Fsp3) is 0.455. The molecule has 0 unspecified atom stereocenters. The molecule has 0 N–H and O–H groups in total. The second-order valence-electron chi connectivity index (χ2n) is 3.77. The maximum absolute atomic E-state index is 2.42. The van der Waals surface area contributed by atoms with Gasteiger partial charge in [0.25, 0.3) is 0 Å². The van der Waals surface area contributed by atoms with Crippen molar-refractivity contribution in [2.24, 2.45) is 0 Å². The van der Waals surface area contributed by atoms with E-state index in [0.29, 0.717) is 0 Å². The van der Waals surface area contributed by atoms with E-state index in [1.807, 2.05) is 0 Å². The molecule has 0 aliphatic heterocycles. The number of rotatable bonds is 4. The van der Waals surface area contributed by atoms with E-state index in [1.165, 1.54) is 24.4 Å². The lowest BCUT2D eigenvalue weighted by Crippen LogP contribution is -1.99. The van der Waals surface area contributed by atoms with Crippen LogP contribution in [0, 0.1) is 0 Å². The fourth-order valence-electron chi connectivity index (χ4n) is 1.36. The smallest absolute Gasteiger partial charge is 0.0305 e. The second-order valence-corrected chi connectivity index (χ2v) is 7.14. The monoisotopic (exact) mass is 178 g/mol. The summed E-state index contributed by atoms with van der Waals surface area (Å²) in [4.78, 5) is 0. The van der Waals surface area contributed by atoms with Crippen molar-refractivity contribution >= 4 is 8.80 Å². The molecule has 0 fully saturated rings. The van der Waals surface area contributed by atoms with Gasteiger partial charge in [0.05, 0.1) is 0 Å². The number of aryl methyl sites for hydroxylation is 1. The van der Waals surface area contributed by atoms with Crippen molar-refractivity contribution in [3.8, 4) is 0 Å². The Hall–Kier alpha value is -0.563. The lowest BCUT2D eigenvalue weighted by Gasteiger charge is -2.02. The molecule has 0 nitrogen and oxygen atoms in total. The van der Waals surface area contributed by atoms with E-state index in [4.69, 9.17) is 0 Å². The molecule has 0 saturated heterocycles. The van der Waals surface area contributed by atoms with Gasteiger partial charge in [0.2, 0.25) is 0 Å². The zero-order valence-corrected chi connectivity index (χ0v) is 9.24. The molecule has 0 amide bonds. The third-order valence-corrected chi connectivity index (χ3v) is 3.65. The van der Waals surface area contributed by atoms with Crippen LogP contribution < -0.4 is 0 Å². The van der Waals surface area contributed by atoms with E-state index < -0.39 is 0 Å². The Labute approximate surface area is 77.2 Å². The van der Waals surface area contributed by atoms with Crippen molar-refractivity contribution in [2.75, 3.05) is 0 Å². The van der Waals surface area contributed by atoms with Crippen LogP contribution in [0.3, 0.4) is 0 Å². The molecule has 0 saturated carbocycles. The summed E-state index contributed by atoms with van der Waals surface area (Å²) >= 11 is 0. The van der Waals surface area contributed by atoms with Gasteiger partial charge < -0.3 is 0 Å². The largest absolute Gasteiger partial charge is 0.0722 e. The predicted octanol–water partition coefficient (Wildman–Crippen LogP) is 3.11. The first-order valence-electron chi connectivity index (χ1n) is 4.83. The second kappa shape index (κ2) is 5.15. The van der Waals surface area contributed by atoms with E-state index in [9.17, 15) is 0 Å². The lowest BCUT2D eigenvalue weighted by atomic mass is 10.1. The van der Waals surface area contributed by atoms with Crippen LogP contribution >= 0.6 is 0 Å². The Balaban J connectivity index is 2.25. The van der Waals surface area contributed by atoms with Gasteiger partial charge >= 0.3 is 0 Å². The molecule has 1 rings (SSSR count). The fourth-order valence-corrected chi connectivity index (χ4v) is 2.38. The average Bonchev–Trinajstić information content (AvgIpc) is 2.05. The third kappa shape index (κ3) is 3.72. The molecular weight excluding hydrogens is 160 g/mol. The van der Waals surface area contributed by atoms with E-state index in [0.717, 1.165) is 0 Å². The van der Waals surface area contributed by atoms with Crippen molar-refractivity contribution in [3.63, 3.8) is 0 Å². The molecule has 12 heavy (non-hydrogen) atoms. The summed E-state index contributed by atoms with van der Waals surface area (Å²) in [6.45, 7) is 4.84. The zero-order chi connectivity index (χ0) is 8.81. The number of benzene rings is 1. The van der Waals surface area contributed by atoms with Crippen molar-refractivity contribution in [2.45, 2.75) is 32.0 Å². The van der Waals surface area contributed by atoms with Crippen LogP contribution in [-0.2, 0) is 6.42 Å². The van der Waals surface area contributed by atoms with Gasteiger partial charge in [0.15, 0.2) is 0 Å². The molecule has 0 bridgehead atoms. The summed E-state index contributed by atoms with van der Waals surface area (Å²) in [5.74, 6) is 0. The van der Waals surface area contributed by atoms with E-state index >= 15 is 0 Å². The van der Waals surface area contributed by atoms with Crippen LogP contribution in [0.1, 0.15) is 12.0 Å². The molecule has 0 heterocycles. The first-order chi connectivity index (χ1) is 5.79. The molecule has 66 valence electrons. The minimum absolute atomic E-state index is 0.312. The Morgan fingerprint density at radius 1 is 1.08 bits per heavy atom. The van der Waals surface area contributed by atoms with Crippen molar-refractivity contribution in [3.05, 3.63) is 35.9 Å². The minimum atomic E-state index is -0.312. The maximum Gasteiger partial charge on any atom is 0.0305 e. The third-order valence-electron chi connectivity index (χ3n) is 2.09. The van der Waals surface area contributed by atoms with Crippen LogP contribution in [-0.4, -0.2) is 8.80 Å². The van der Waals surface area contributed by atoms with Gasteiger partial charge in [0, 0.05) is 8.80 Å². The van der Waals surface area contributed by atoms with Crippen LogP contribution in [0.2, 0.25) is 19.1 Å². The minimum Gasteiger partial charge on any atom is -0.0722 e. The Kier molecular flexibility index (Phi) is 4.09. The Bertz CT molecular complexity index is 204. The van der Waals surface area contributed by atoms with Gasteiger partial charge in [-0.3, -0.25) is 0 Å². The van der Waals surface area contributed by atoms with Crippen LogP contribution in [0.5, 0.6) is 0 Å².